The van der Waals surface area contributed by atoms with Crippen molar-refractivity contribution in [3.05, 3.63) is 11.6 Å². The molecular weight excluding hydrogens is 228 g/mol. The van der Waals surface area contributed by atoms with E-state index in [-0.39, 0.29) is 6.09 Å². The lowest BCUT2D eigenvalue weighted by Gasteiger charge is -2.33. The summed E-state index contributed by atoms with van der Waals surface area (Å²) in [7, 11) is 0. The van der Waals surface area contributed by atoms with Gasteiger partial charge in [-0.3, -0.25) is 0 Å². The Balaban J connectivity index is 2.47. The number of likely N-dealkylation sites (tertiary alicyclic amines) is 1. The summed E-state index contributed by atoms with van der Waals surface area (Å²) in [5.74, 6) is 0.420. The van der Waals surface area contributed by atoms with Crippen molar-refractivity contribution in [2.24, 2.45) is 5.92 Å². The third-order valence-electron chi connectivity index (χ3n) is 3.08. The normalized spacial score (nSPS) is 18.4. The summed E-state index contributed by atoms with van der Waals surface area (Å²) in [6.07, 6.45) is 3.18. The number of carbonyl (C=O) groups excluding carboxylic acids is 1. The Labute approximate surface area is 109 Å². The summed E-state index contributed by atoms with van der Waals surface area (Å²) >= 11 is 0. The van der Waals surface area contributed by atoms with Gasteiger partial charge in [0.2, 0.25) is 0 Å². The topological polar surface area (TPSA) is 53.3 Å². The number of hydrogen-bond donors (Lipinski definition) is 0. The molecule has 0 aromatic heterocycles. The first-order valence-corrected chi connectivity index (χ1v) is 6.37. The molecule has 0 bridgehead atoms. The van der Waals surface area contributed by atoms with Crippen molar-refractivity contribution in [3.63, 3.8) is 0 Å². The zero-order valence-electron chi connectivity index (χ0n) is 11.7. The fraction of sp³-hybridized carbons (Fsp3) is 0.714. The average Bonchev–Trinajstić information content (AvgIpc) is 2.27. The zero-order chi connectivity index (χ0) is 13.8. The molecule has 0 spiro atoms. The second kappa shape index (κ2) is 5.90. The maximum absolute atomic E-state index is 11.9. The molecule has 100 valence electrons. The van der Waals surface area contributed by atoms with Gasteiger partial charge in [0.25, 0.3) is 0 Å². The summed E-state index contributed by atoms with van der Waals surface area (Å²) < 4.78 is 5.34. The second-order valence-electron chi connectivity index (χ2n) is 5.76. The maximum Gasteiger partial charge on any atom is 0.410 e. The fourth-order valence-corrected chi connectivity index (χ4v) is 2.06. The number of hydrogen-bond acceptors (Lipinski definition) is 3. The molecule has 1 amide bonds. The lowest BCUT2D eigenvalue weighted by atomic mass is 9.90. The predicted molar refractivity (Wildman–Crippen MR) is 69.9 cm³/mol. The molecule has 1 aliphatic rings. The van der Waals surface area contributed by atoms with E-state index >= 15 is 0 Å². The minimum atomic E-state index is -0.440. The Hall–Kier alpha value is -1.50. The number of nitriles is 1. The number of carbonyl (C=O) groups is 1. The van der Waals surface area contributed by atoms with Crippen LogP contribution in [0.1, 0.15) is 40.5 Å². The Kier molecular flexibility index (Phi) is 4.77. The van der Waals surface area contributed by atoms with Crippen molar-refractivity contribution in [1.82, 2.24) is 4.90 Å². The van der Waals surface area contributed by atoms with E-state index in [0.29, 0.717) is 19.0 Å². The second-order valence-corrected chi connectivity index (χ2v) is 5.76. The van der Waals surface area contributed by atoms with Crippen LogP contribution in [0.4, 0.5) is 4.79 Å². The summed E-state index contributed by atoms with van der Waals surface area (Å²) in [4.78, 5) is 13.6. The number of amides is 1. The molecule has 1 saturated heterocycles. The van der Waals surface area contributed by atoms with Crippen molar-refractivity contribution >= 4 is 6.09 Å². The van der Waals surface area contributed by atoms with Gasteiger partial charge in [0.05, 0.1) is 6.07 Å². The van der Waals surface area contributed by atoms with E-state index in [0.717, 1.165) is 18.4 Å². The van der Waals surface area contributed by atoms with Gasteiger partial charge in [-0.15, -0.1) is 0 Å². The van der Waals surface area contributed by atoms with Gasteiger partial charge >= 0.3 is 6.09 Å². The molecule has 0 atom stereocenters. The first kappa shape index (κ1) is 14.6. The minimum Gasteiger partial charge on any atom is -0.444 e. The highest BCUT2D eigenvalue weighted by Crippen LogP contribution is 2.25. The van der Waals surface area contributed by atoms with Crippen molar-refractivity contribution in [3.8, 4) is 6.07 Å². The van der Waals surface area contributed by atoms with Crippen LogP contribution in [0.5, 0.6) is 0 Å². The van der Waals surface area contributed by atoms with E-state index in [2.05, 4.69) is 6.07 Å². The van der Waals surface area contributed by atoms with E-state index in [9.17, 15) is 4.79 Å². The summed E-state index contributed by atoms with van der Waals surface area (Å²) in [6.45, 7) is 9.01. The predicted octanol–water partition coefficient (Wildman–Crippen LogP) is 3.10. The number of rotatable bonds is 1. The van der Waals surface area contributed by atoms with Gasteiger partial charge in [-0.1, -0.05) is 5.57 Å². The molecule has 1 rings (SSSR count). The van der Waals surface area contributed by atoms with Gasteiger partial charge in [-0.25, -0.2) is 4.79 Å². The SMILES string of the molecule is CC(=CC#N)C1CCN(C(=O)OC(C)(C)C)CC1. The van der Waals surface area contributed by atoms with Crippen LogP contribution < -0.4 is 0 Å². The Morgan fingerprint density at radius 3 is 2.39 bits per heavy atom. The molecule has 1 fully saturated rings. The van der Waals surface area contributed by atoms with Crippen LogP contribution in [0, 0.1) is 17.2 Å². The highest BCUT2D eigenvalue weighted by atomic mass is 16.6. The molecule has 0 N–H and O–H groups in total. The number of piperidine rings is 1. The van der Waals surface area contributed by atoms with Gasteiger partial charge < -0.3 is 9.64 Å². The number of ether oxygens (including phenoxy) is 1. The Morgan fingerprint density at radius 1 is 1.39 bits per heavy atom. The Bertz CT molecular complexity index is 366. The van der Waals surface area contributed by atoms with E-state index in [4.69, 9.17) is 10.00 Å². The minimum absolute atomic E-state index is 0.233. The van der Waals surface area contributed by atoms with Gasteiger partial charge in [-0.2, -0.15) is 5.26 Å². The standard InChI is InChI=1S/C14H22N2O2/c1-11(5-8-15)12-6-9-16(10-7-12)13(17)18-14(2,3)4/h5,12H,6-7,9-10H2,1-4H3. The molecule has 4 nitrogen and oxygen atoms in total. The van der Waals surface area contributed by atoms with Crippen LogP contribution in [0.25, 0.3) is 0 Å². The summed E-state index contributed by atoms with van der Waals surface area (Å²) in [5.41, 5.74) is 0.672. The molecular formula is C14H22N2O2. The maximum atomic E-state index is 11.9. The lowest BCUT2D eigenvalue weighted by Crippen LogP contribution is -2.41. The van der Waals surface area contributed by atoms with Crippen molar-refractivity contribution < 1.29 is 9.53 Å². The van der Waals surface area contributed by atoms with E-state index in [1.165, 1.54) is 0 Å². The van der Waals surface area contributed by atoms with Crippen molar-refractivity contribution in [2.45, 2.75) is 46.1 Å². The van der Waals surface area contributed by atoms with E-state index < -0.39 is 5.60 Å². The van der Waals surface area contributed by atoms with Crippen molar-refractivity contribution in [2.75, 3.05) is 13.1 Å². The molecule has 0 aromatic carbocycles. The van der Waals surface area contributed by atoms with Crippen LogP contribution in [-0.2, 0) is 4.74 Å². The molecule has 1 heterocycles. The molecule has 0 aliphatic carbocycles. The van der Waals surface area contributed by atoms with Gasteiger partial charge in [0.15, 0.2) is 0 Å². The van der Waals surface area contributed by atoms with Crippen LogP contribution >= 0.6 is 0 Å². The highest BCUT2D eigenvalue weighted by Gasteiger charge is 2.27. The van der Waals surface area contributed by atoms with Crippen LogP contribution in [0.2, 0.25) is 0 Å². The molecule has 4 heteroatoms. The highest BCUT2D eigenvalue weighted by molar-refractivity contribution is 5.68. The summed E-state index contributed by atoms with van der Waals surface area (Å²) in [6, 6.07) is 2.06. The summed E-state index contributed by atoms with van der Waals surface area (Å²) in [5, 5.41) is 8.62. The molecule has 0 saturated carbocycles. The quantitative estimate of drug-likeness (QED) is 0.672. The van der Waals surface area contributed by atoms with Gasteiger partial charge in [0.1, 0.15) is 5.60 Å². The Morgan fingerprint density at radius 2 is 1.94 bits per heavy atom. The van der Waals surface area contributed by atoms with Crippen LogP contribution in [-0.4, -0.2) is 29.7 Å². The van der Waals surface area contributed by atoms with Crippen molar-refractivity contribution in [1.29, 1.82) is 5.26 Å². The van der Waals surface area contributed by atoms with Gasteiger partial charge in [0, 0.05) is 19.2 Å². The monoisotopic (exact) mass is 250 g/mol. The number of allylic oxidation sites excluding steroid dienone is 2. The molecule has 1 aliphatic heterocycles. The lowest BCUT2D eigenvalue weighted by molar-refractivity contribution is 0.0194. The van der Waals surface area contributed by atoms with Crippen LogP contribution in [0.15, 0.2) is 11.6 Å². The zero-order valence-corrected chi connectivity index (χ0v) is 11.7. The van der Waals surface area contributed by atoms with E-state index in [1.807, 2.05) is 27.7 Å². The molecule has 0 unspecified atom stereocenters. The fourth-order valence-electron chi connectivity index (χ4n) is 2.06. The van der Waals surface area contributed by atoms with E-state index in [1.54, 1.807) is 11.0 Å². The van der Waals surface area contributed by atoms with Gasteiger partial charge in [-0.05, 0) is 46.5 Å². The molecule has 18 heavy (non-hydrogen) atoms. The molecule has 0 radical (unpaired) electrons. The number of nitrogens with zero attached hydrogens (tertiary/aromatic N) is 2. The average molecular weight is 250 g/mol. The third-order valence-corrected chi connectivity index (χ3v) is 3.08. The first-order chi connectivity index (χ1) is 8.33. The molecule has 0 aromatic rings. The van der Waals surface area contributed by atoms with Crippen LogP contribution in [0.3, 0.4) is 0 Å². The smallest absolute Gasteiger partial charge is 0.410 e. The largest absolute Gasteiger partial charge is 0.444 e. The third kappa shape index (κ3) is 4.40. The first-order valence-electron chi connectivity index (χ1n) is 6.37.